The van der Waals surface area contributed by atoms with E-state index in [1.54, 1.807) is 19.1 Å². The Hall–Kier alpha value is -1.40. The average Bonchev–Trinajstić information content (AvgIpc) is 2.40. The molecule has 0 heterocycles. The van der Waals surface area contributed by atoms with Gasteiger partial charge in [0, 0.05) is 16.2 Å². The molecule has 2 amide bonds. The van der Waals surface area contributed by atoms with Crippen molar-refractivity contribution in [2.75, 3.05) is 11.9 Å². The minimum Gasteiger partial charge on any atom is -0.394 e. The highest BCUT2D eigenvalue weighted by Gasteiger charge is 2.18. The molecular formula is C14H19BrN2O3. The van der Waals surface area contributed by atoms with Gasteiger partial charge in [0.05, 0.1) is 6.61 Å². The lowest BCUT2D eigenvalue weighted by molar-refractivity contribution is -0.136. The molecule has 0 radical (unpaired) electrons. The summed E-state index contributed by atoms with van der Waals surface area (Å²) in [6, 6.07) is 5.01. The van der Waals surface area contributed by atoms with Gasteiger partial charge in [-0.3, -0.25) is 9.59 Å². The van der Waals surface area contributed by atoms with Gasteiger partial charge in [0.2, 0.25) is 0 Å². The van der Waals surface area contributed by atoms with Crippen LogP contribution in [0.2, 0.25) is 0 Å². The lowest BCUT2D eigenvalue weighted by Crippen LogP contribution is -2.42. The molecule has 0 aliphatic carbocycles. The van der Waals surface area contributed by atoms with E-state index in [1.165, 1.54) is 0 Å². The molecule has 1 rings (SSSR count). The smallest absolute Gasteiger partial charge is 0.313 e. The van der Waals surface area contributed by atoms with E-state index in [4.69, 9.17) is 5.11 Å². The van der Waals surface area contributed by atoms with Crippen LogP contribution in [-0.2, 0) is 9.59 Å². The largest absolute Gasteiger partial charge is 0.394 e. The summed E-state index contributed by atoms with van der Waals surface area (Å²) in [6.07, 6.45) is 0. The van der Waals surface area contributed by atoms with Crippen molar-refractivity contribution in [2.24, 2.45) is 0 Å². The van der Waals surface area contributed by atoms with Crippen molar-refractivity contribution in [3.05, 3.63) is 28.2 Å². The predicted molar refractivity (Wildman–Crippen MR) is 81.6 cm³/mol. The van der Waals surface area contributed by atoms with Crippen molar-refractivity contribution >= 4 is 33.4 Å². The average molecular weight is 343 g/mol. The van der Waals surface area contributed by atoms with Crippen LogP contribution in [0.25, 0.3) is 0 Å². The molecule has 1 atom stereocenters. The van der Waals surface area contributed by atoms with Gasteiger partial charge in [-0.05, 0) is 36.6 Å². The fourth-order valence-electron chi connectivity index (χ4n) is 1.64. The zero-order valence-corrected chi connectivity index (χ0v) is 13.3. The normalized spacial score (nSPS) is 12.1. The van der Waals surface area contributed by atoms with E-state index in [9.17, 15) is 9.59 Å². The number of anilines is 1. The zero-order valence-electron chi connectivity index (χ0n) is 11.7. The molecule has 1 aromatic rings. The minimum atomic E-state index is -0.760. The van der Waals surface area contributed by atoms with Gasteiger partial charge in [0.15, 0.2) is 0 Å². The third kappa shape index (κ3) is 4.61. The molecule has 0 aliphatic heterocycles. The van der Waals surface area contributed by atoms with Crippen molar-refractivity contribution in [2.45, 2.75) is 32.7 Å². The number of carbonyl (C=O) groups excluding carboxylic acids is 2. The summed E-state index contributed by atoms with van der Waals surface area (Å²) in [5.41, 5.74) is 1.55. The maximum Gasteiger partial charge on any atom is 0.313 e. The standard InChI is InChI=1S/C14H19BrN2O3/c1-8(2)11-6-10(15)4-5-12(11)17-14(20)13(19)16-9(3)7-18/h4-6,8-9,18H,7H2,1-3H3,(H,16,19)(H,17,20). The Balaban J connectivity index is 2.83. The van der Waals surface area contributed by atoms with Gasteiger partial charge in [0.1, 0.15) is 0 Å². The van der Waals surface area contributed by atoms with E-state index in [1.807, 2.05) is 19.9 Å². The van der Waals surface area contributed by atoms with Crippen molar-refractivity contribution in [1.82, 2.24) is 5.32 Å². The number of benzene rings is 1. The highest BCUT2D eigenvalue weighted by Crippen LogP contribution is 2.27. The number of halogens is 1. The van der Waals surface area contributed by atoms with Crippen LogP contribution in [0.5, 0.6) is 0 Å². The Labute approximate surface area is 126 Å². The highest BCUT2D eigenvalue weighted by molar-refractivity contribution is 9.10. The second kappa shape index (κ2) is 7.40. The van der Waals surface area contributed by atoms with Crippen molar-refractivity contribution in [3.8, 4) is 0 Å². The number of rotatable bonds is 4. The minimum absolute atomic E-state index is 0.210. The highest BCUT2D eigenvalue weighted by atomic mass is 79.9. The van der Waals surface area contributed by atoms with E-state index in [2.05, 4.69) is 26.6 Å². The number of carbonyl (C=O) groups is 2. The van der Waals surface area contributed by atoms with Crippen molar-refractivity contribution < 1.29 is 14.7 Å². The van der Waals surface area contributed by atoms with Gasteiger partial charge in [-0.1, -0.05) is 29.8 Å². The molecular weight excluding hydrogens is 324 g/mol. The molecule has 0 saturated carbocycles. The second-order valence-electron chi connectivity index (χ2n) is 4.90. The quantitative estimate of drug-likeness (QED) is 0.732. The number of aliphatic hydroxyl groups is 1. The fourth-order valence-corrected chi connectivity index (χ4v) is 2.02. The Bertz CT molecular complexity index is 503. The first kappa shape index (κ1) is 16.7. The number of hydrogen-bond donors (Lipinski definition) is 3. The van der Waals surface area contributed by atoms with Crippen LogP contribution < -0.4 is 10.6 Å². The predicted octanol–water partition coefficient (Wildman–Crippen LogP) is 2.01. The number of hydrogen-bond acceptors (Lipinski definition) is 3. The van der Waals surface area contributed by atoms with Gasteiger partial charge in [-0.25, -0.2) is 0 Å². The van der Waals surface area contributed by atoms with E-state index in [0.717, 1.165) is 10.0 Å². The fraction of sp³-hybridized carbons (Fsp3) is 0.429. The first-order chi connectivity index (χ1) is 9.35. The van der Waals surface area contributed by atoms with Crippen LogP contribution >= 0.6 is 15.9 Å². The molecule has 0 spiro atoms. The monoisotopic (exact) mass is 342 g/mol. The molecule has 0 aromatic heterocycles. The van der Waals surface area contributed by atoms with Gasteiger partial charge >= 0.3 is 11.8 Å². The van der Waals surface area contributed by atoms with E-state index < -0.39 is 17.9 Å². The second-order valence-corrected chi connectivity index (χ2v) is 5.81. The molecule has 20 heavy (non-hydrogen) atoms. The zero-order chi connectivity index (χ0) is 15.3. The van der Waals surface area contributed by atoms with E-state index >= 15 is 0 Å². The summed E-state index contributed by atoms with van der Waals surface area (Å²) in [7, 11) is 0. The van der Waals surface area contributed by atoms with Gasteiger partial charge < -0.3 is 15.7 Å². The van der Waals surface area contributed by atoms with Gasteiger partial charge in [-0.15, -0.1) is 0 Å². The van der Waals surface area contributed by atoms with Crippen LogP contribution in [0.15, 0.2) is 22.7 Å². The summed E-state index contributed by atoms with van der Waals surface area (Å²) >= 11 is 3.38. The molecule has 5 nitrogen and oxygen atoms in total. The summed E-state index contributed by atoms with van der Waals surface area (Å²) in [6.45, 7) is 5.41. The lowest BCUT2D eigenvalue weighted by Gasteiger charge is -2.15. The Morgan fingerprint density at radius 1 is 1.25 bits per heavy atom. The third-order valence-electron chi connectivity index (χ3n) is 2.74. The molecule has 6 heteroatoms. The Morgan fingerprint density at radius 2 is 1.90 bits per heavy atom. The number of amides is 2. The first-order valence-electron chi connectivity index (χ1n) is 6.37. The number of aliphatic hydroxyl groups excluding tert-OH is 1. The van der Waals surface area contributed by atoms with Crippen LogP contribution in [-0.4, -0.2) is 29.6 Å². The molecule has 110 valence electrons. The third-order valence-corrected chi connectivity index (χ3v) is 3.23. The van der Waals surface area contributed by atoms with Crippen LogP contribution in [0.4, 0.5) is 5.69 Å². The summed E-state index contributed by atoms with van der Waals surface area (Å²) < 4.78 is 0.914. The molecule has 0 aliphatic rings. The molecule has 0 bridgehead atoms. The summed E-state index contributed by atoms with van der Waals surface area (Å²) in [5, 5.41) is 13.8. The van der Waals surface area contributed by atoms with E-state index in [-0.39, 0.29) is 12.5 Å². The maximum atomic E-state index is 11.8. The van der Waals surface area contributed by atoms with Crippen molar-refractivity contribution in [1.29, 1.82) is 0 Å². The summed E-state index contributed by atoms with van der Waals surface area (Å²) in [5.74, 6) is -1.29. The van der Waals surface area contributed by atoms with Crippen molar-refractivity contribution in [3.63, 3.8) is 0 Å². The molecule has 0 saturated heterocycles. The Kier molecular flexibility index (Phi) is 6.16. The molecule has 3 N–H and O–H groups in total. The molecule has 1 aromatic carbocycles. The maximum absolute atomic E-state index is 11.8. The molecule has 0 fully saturated rings. The van der Waals surface area contributed by atoms with Crippen LogP contribution in [0.3, 0.4) is 0 Å². The van der Waals surface area contributed by atoms with Crippen LogP contribution in [0.1, 0.15) is 32.3 Å². The van der Waals surface area contributed by atoms with Gasteiger partial charge in [-0.2, -0.15) is 0 Å². The number of nitrogens with one attached hydrogen (secondary N) is 2. The topological polar surface area (TPSA) is 78.4 Å². The SMILES string of the molecule is CC(CO)NC(=O)C(=O)Nc1ccc(Br)cc1C(C)C. The van der Waals surface area contributed by atoms with E-state index in [0.29, 0.717) is 5.69 Å². The van der Waals surface area contributed by atoms with Gasteiger partial charge in [0.25, 0.3) is 0 Å². The van der Waals surface area contributed by atoms with Crippen LogP contribution in [0, 0.1) is 0 Å². The lowest BCUT2D eigenvalue weighted by atomic mass is 10.0. The molecule has 1 unspecified atom stereocenters. The Morgan fingerprint density at radius 3 is 2.45 bits per heavy atom. The first-order valence-corrected chi connectivity index (χ1v) is 7.16. The summed E-state index contributed by atoms with van der Waals surface area (Å²) in [4.78, 5) is 23.4.